The summed E-state index contributed by atoms with van der Waals surface area (Å²) < 4.78 is 0. The van der Waals surface area contributed by atoms with Crippen LogP contribution in [-0.2, 0) is 0 Å². The summed E-state index contributed by atoms with van der Waals surface area (Å²) in [7, 11) is 0. The maximum absolute atomic E-state index is 12.8. The monoisotopic (exact) mass is 329 g/mol. The summed E-state index contributed by atoms with van der Waals surface area (Å²) in [6.45, 7) is 1.27. The standard InChI is InChI=1S/C17H19N3O2S/c18-13-4-3-8-20(10-13)17(22)14-5-1-2-6-15(14)19-16(21)12-7-9-23-11-12/h1-2,5-7,9,11,13H,3-4,8,10,18H2,(H,19,21). The van der Waals surface area contributed by atoms with Gasteiger partial charge < -0.3 is 16.0 Å². The molecule has 1 unspecified atom stereocenters. The summed E-state index contributed by atoms with van der Waals surface area (Å²) in [5.41, 5.74) is 7.60. The number of hydrogen-bond donors (Lipinski definition) is 2. The lowest BCUT2D eigenvalue weighted by Crippen LogP contribution is -2.45. The van der Waals surface area contributed by atoms with Crippen molar-refractivity contribution in [1.29, 1.82) is 0 Å². The predicted molar refractivity (Wildman–Crippen MR) is 91.8 cm³/mol. The SMILES string of the molecule is NC1CCCN(C(=O)c2ccccc2NC(=O)c2ccsc2)C1. The van der Waals surface area contributed by atoms with Gasteiger partial charge in [-0.15, -0.1) is 0 Å². The van der Waals surface area contributed by atoms with Crippen molar-refractivity contribution < 1.29 is 9.59 Å². The van der Waals surface area contributed by atoms with E-state index in [9.17, 15) is 9.59 Å². The zero-order valence-corrected chi connectivity index (χ0v) is 13.5. The largest absolute Gasteiger partial charge is 0.337 e. The quantitative estimate of drug-likeness (QED) is 0.909. The topological polar surface area (TPSA) is 75.4 Å². The molecule has 0 spiro atoms. The maximum atomic E-state index is 12.8. The minimum absolute atomic E-state index is 0.0280. The highest BCUT2D eigenvalue weighted by Crippen LogP contribution is 2.21. The van der Waals surface area contributed by atoms with Crippen LogP contribution in [0.25, 0.3) is 0 Å². The van der Waals surface area contributed by atoms with Gasteiger partial charge in [-0.1, -0.05) is 12.1 Å². The van der Waals surface area contributed by atoms with Crippen molar-refractivity contribution in [1.82, 2.24) is 4.90 Å². The first-order valence-electron chi connectivity index (χ1n) is 7.62. The van der Waals surface area contributed by atoms with E-state index >= 15 is 0 Å². The highest BCUT2D eigenvalue weighted by atomic mass is 32.1. The van der Waals surface area contributed by atoms with E-state index in [0.29, 0.717) is 29.9 Å². The molecule has 0 saturated carbocycles. The van der Waals surface area contributed by atoms with Crippen LogP contribution in [0.4, 0.5) is 5.69 Å². The Balaban J connectivity index is 1.80. The number of hydrogen-bond acceptors (Lipinski definition) is 4. The average molecular weight is 329 g/mol. The van der Waals surface area contributed by atoms with E-state index < -0.39 is 0 Å². The van der Waals surface area contributed by atoms with Crippen LogP contribution in [0, 0.1) is 0 Å². The van der Waals surface area contributed by atoms with E-state index in [0.717, 1.165) is 12.8 Å². The minimum Gasteiger partial charge on any atom is -0.337 e. The first kappa shape index (κ1) is 15.7. The third kappa shape index (κ3) is 3.60. The molecule has 2 heterocycles. The minimum atomic E-state index is -0.207. The van der Waals surface area contributed by atoms with Crippen molar-refractivity contribution in [3.8, 4) is 0 Å². The number of anilines is 1. The molecule has 1 saturated heterocycles. The third-order valence-corrected chi connectivity index (χ3v) is 4.62. The average Bonchev–Trinajstić information content (AvgIpc) is 3.09. The molecule has 1 atom stereocenters. The molecule has 0 aliphatic carbocycles. The van der Waals surface area contributed by atoms with Gasteiger partial charge in [-0.2, -0.15) is 11.3 Å². The van der Waals surface area contributed by atoms with Crippen molar-refractivity contribution in [3.63, 3.8) is 0 Å². The lowest BCUT2D eigenvalue weighted by Gasteiger charge is -2.31. The fraction of sp³-hybridized carbons (Fsp3) is 0.294. The Morgan fingerprint density at radius 2 is 2.09 bits per heavy atom. The van der Waals surface area contributed by atoms with Crippen molar-refractivity contribution in [2.75, 3.05) is 18.4 Å². The molecule has 23 heavy (non-hydrogen) atoms. The Bertz CT molecular complexity index is 700. The van der Waals surface area contributed by atoms with Crippen LogP contribution in [0.1, 0.15) is 33.6 Å². The van der Waals surface area contributed by atoms with E-state index in [4.69, 9.17) is 5.73 Å². The second-order valence-corrected chi connectivity index (χ2v) is 6.45. The Labute approximate surface area is 139 Å². The van der Waals surface area contributed by atoms with Gasteiger partial charge in [-0.25, -0.2) is 0 Å². The van der Waals surface area contributed by atoms with Gasteiger partial charge in [0.1, 0.15) is 0 Å². The molecule has 2 amide bonds. The van der Waals surface area contributed by atoms with Gasteiger partial charge in [-0.3, -0.25) is 9.59 Å². The van der Waals surface area contributed by atoms with Crippen molar-refractivity contribution >= 4 is 28.8 Å². The number of nitrogens with one attached hydrogen (secondary N) is 1. The molecule has 3 rings (SSSR count). The van der Waals surface area contributed by atoms with Crippen LogP contribution in [0.5, 0.6) is 0 Å². The van der Waals surface area contributed by atoms with E-state index in [1.54, 1.807) is 34.5 Å². The summed E-state index contributed by atoms with van der Waals surface area (Å²) in [5.74, 6) is -0.289. The number of nitrogens with zero attached hydrogens (tertiary/aromatic N) is 1. The second kappa shape index (κ2) is 6.93. The summed E-state index contributed by atoms with van der Waals surface area (Å²) in [5, 5.41) is 6.46. The Morgan fingerprint density at radius 1 is 1.26 bits per heavy atom. The molecule has 3 N–H and O–H groups in total. The van der Waals surface area contributed by atoms with E-state index in [1.165, 1.54) is 11.3 Å². The Hall–Kier alpha value is -2.18. The first-order valence-corrected chi connectivity index (χ1v) is 8.57. The highest BCUT2D eigenvalue weighted by molar-refractivity contribution is 7.08. The summed E-state index contributed by atoms with van der Waals surface area (Å²) in [4.78, 5) is 26.8. The number of thiophene rings is 1. The Kier molecular flexibility index (Phi) is 4.73. The number of rotatable bonds is 3. The van der Waals surface area contributed by atoms with Crippen LogP contribution in [0.2, 0.25) is 0 Å². The van der Waals surface area contributed by atoms with Gasteiger partial charge in [0, 0.05) is 24.5 Å². The fourth-order valence-electron chi connectivity index (χ4n) is 2.73. The van der Waals surface area contributed by atoms with Crippen LogP contribution >= 0.6 is 11.3 Å². The highest BCUT2D eigenvalue weighted by Gasteiger charge is 2.24. The van der Waals surface area contributed by atoms with E-state index in [-0.39, 0.29) is 17.9 Å². The fourth-order valence-corrected chi connectivity index (χ4v) is 3.37. The van der Waals surface area contributed by atoms with Crippen molar-refractivity contribution in [2.45, 2.75) is 18.9 Å². The number of benzene rings is 1. The van der Waals surface area contributed by atoms with Gasteiger partial charge in [0.2, 0.25) is 0 Å². The summed E-state index contributed by atoms with van der Waals surface area (Å²) in [6, 6.07) is 8.89. The normalized spacial score (nSPS) is 17.8. The lowest BCUT2D eigenvalue weighted by atomic mass is 10.0. The molecule has 0 bridgehead atoms. The van der Waals surface area contributed by atoms with Gasteiger partial charge in [0.15, 0.2) is 0 Å². The molecule has 1 fully saturated rings. The second-order valence-electron chi connectivity index (χ2n) is 5.67. The zero-order valence-electron chi connectivity index (χ0n) is 12.7. The van der Waals surface area contributed by atoms with Gasteiger partial charge >= 0.3 is 0 Å². The molecule has 1 aromatic carbocycles. The Morgan fingerprint density at radius 3 is 2.83 bits per heavy atom. The molecule has 2 aromatic rings. The zero-order chi connectivity index (χ0) is 16.2. The number of likely N-dealkylation sites (tertiary alicyclic amines) is 1. The summed E-state index contributed by atoms with van der Waals surface area (Å²) in [6.07, 6.45) is 1.86. The predicted octanol–water partition coefficient (Wildman–Crippen LogP) is 2.56. The van der Waals surface area contributed by atoms with Crippen LogP contribution in [-0.4, -0.2) is 35.8 Å². The summed E-state index contributed by atoms with van der Waals surface area (Å²) >= 11 is 1.46. The molecular formula is C17H19N3O2S. The molecule has 1 aromatic heterocycles. The number of para-hydroxylation sites is 1. The third-order valence-electron chi connectivity index (χ3n) is 3.93. The van der Waals surface area contributed by atoms with Crippen LogP contribution < -0.4 is 11.1 Å². The van der Waals surface area contributed by atoms with Crippen LogP contribution in [0.15, 0.2) is 41.1 Å². The first-order chi connectivity index (χ1) is 11.1. The molecule has 120 valence electrons. The molecular weight excluding hydrogens is 310 g/mol. The van der Waals surface area contributed by atoms with Crippen molar-refractivity contribution in [2.24, 2.45) is 5.73 Å². The number of amides is 2. The van der Waals surface area contributed by atoms with Gasteiger partial charge in [-0.05, 0) is 36.4 Å². The van der Waals surface area contributed by atoms with E-state index in [2.05, 4.69) is 5.32 Å². The van der Waals surface area contributed by atoms with E-state index in [1.807, 2.05) is 11.4 Å². The molecule has 6 heteroatoms. The molecule has 5 nitrogen and oxygen atoms in total. The van der Waals surface area contributed by atoms with Crippen molar-refractivity contribution in [3.05, 3.63) is 52.2 Å². The number of nitrogens with two attached hydrogens (primary N) is 1. The van der Waals surface area contributed by atoms with Gasteiger partial charge in [0.25, 0.3) is 11.8 Å². The van der Waals surface area contributed by atoms with Crippen LogP contribution in [0.3, 0.4) is 0 Å². The maximum Gasteiger partial charge on any atom is 0.256 e. The molecule has 0 radical (unpaired) electrons. The molecule has 1 aliphatic rings. The number of carbonyl (C=O) groups excluding carboxylic acids is 2. The smallest absolute Gasteiger partial charge is 0.256 e. The lowest BCUT2D eigenvalue weighted by molar-refractivity contribution is 0.0710. The number of carbonyl (C=O) groups is 2. The number of piperidine rings is 1. The van der Waals surface area contributed by atoms with Gasteiger partial charge in [0.05, 0.1) is 16.8 Å². The molecule has 1 aliphatic heterocycles.